The average molecular weight is 478 g/mol. The molecule has 1 aromatic heterocycles. The summed E-state index contributed by atoms with van der Waals surface area (Å²) >= 11 is 1.43. The summed E-state index contributed by atoms with van der Waals surface area (Å²) in [6, 6.07) is 22.7. The highest BCUT2D eigenvalue weighted by Gasteiger charge is 2.15. The third-order valence-electron chi connectivity index (χ3n) is 5.32. The zero-order valence-electron chi connectivity index (χ0n) is 18.6. The molecular formula is C27H25F2N3OS. The van der Waals surface area contributed by atoms with Crippen LogP contribution in [0.25, 0.3) is 0 Å². The van der Waals surface area contributed by atoms with Gasteiger partial charge in [-0.2, -0.15) is 0 Å². The number of benzene rings is 3. The minimum absolute atomic E-state index is 0.193. The van der Waals surface area contributed by atoms with Crippen LogP contribution < -0.4 is 5.32 Å². The average Bonchev–Trinajstić information content (AvgIpc) is 3.31. The van der Waals surface area contributed by atoms with Gasteiger partial charge in [-0.15, -0.1) is 11.3 Å². The Kier molecular flexibility index (Phi) is 8.12. The Labute approximate surface area is 201 Å². The Hall–Kier alpha value is -3.42. The van der Waals surface area contributed by atoms with Crippen LogP contribution in [0.3, 0.4) is 0 Å². The molecule has 0 radical (unpaired) electrons. The number of carbonyl (C=O) groups is 1. The van der Waals surface area contributed by atoms with Gasteiger partial charge in [0, 0.05) is 25.0 Å². The van der Waals surface area contributed by atoms with Crippen LogP contribution in [0.15, 0.2) is 84.2 Å². The first-order valence-electron chi connectivity index (χ1n) is 11.0. The summed E-state index contributed by atoms with van der Waals surface area (Å²) in [5, 5.41) is 5.49. The highest BCUT2D eigenvalue weighted by atomic mass is 32.1. The summed E-state index contributed by atoms with van der Waals surface area (Å²) in [7, 11) is 0. The Bertz CT molecular complexity index is 1150. The van der Waals surface area contributed by atoms with Gasteiger partial charge in [-0.3, -0.25) is 9.69 Å². The van der Waals surface area contributed by atoms with Crippen LogP contribution in [0.1, 0.15) is 32.2 Å². The molecule has 1 amide bonds. The van der Waals surface area contributed by atoms with E-state index in [-0.39, 0.29) is 17.5 Å². The number of carbonyl (C=O) groups excluding carboxylic acids is 1. The van der Waals surface area contributed by atoms with Crippen molar-refractivity contribution >= 4 is 17.2 Å². The van der Waals surface area contributed by atoms with E-state index in [1.165, 1.54) is 41.2 Å². The number of rotatable bonds is 10. The summed E-state index contributed by atoms with van der Waals surface area (Å²) in [6.45, 7) is 2.18. The molecule has 0 unspecified atom stereocenters. The SMILES string of the molecule is O=C(NCCc1ccccc1)c1csc(CN(Cc2ccc(F)cc2)Cc2ccc(F)cc2)n1. The molecule has 4 nitrogen and oxygen atoms in total. The van der Waals surface area contributed by atoms with Gasteiger partial charge in [0.2, 0.25) is 0 Å². The molecule has 0 bridgehead atoms. The normalized spacial score (nSPS) is 11.0. The second-order valence-corrected chi connectivity index (χ2v) is 8.96. The molecule has 174 valence electrons. The third kappa shape index (κ3) is 7.04. The van der Waals surface area contributed by atoms with E-state index in [9.17, 15) is 13.6 Å². The largest absolute Gasteiger partial charge is 0.350 e. The van der Waals surface area contributed by atoms with E-state index in [0.717, 1.165) is 22.6 Å². The second-order valence-electron chi connectivity index (χ2n) is 8.02. The molecule has 0 saturated carbocycles. The standard InChI is InChI=1S/C27H25F2N3OS/c28-23-10-6-21(7-11-23)16-32(17-22-8-12-24(29)13-9-22)18-26-31-25(19-34-26)27(33)30-15-14-20-4-2-1-3-5-20/h1-13,19H,14-18H2,(H,30,33). The zero-order chi connectivity index (χ0) is 23.8. The number of thiazole rings is 1. The fourth-order valence-electron chi connectivity index (χ4n) is 3.60. The Morgan fingerprint density at radius 1 is 0.794 bits per heavy atom. The third-order valence-corrected chi connectivity index (χ3v) is 6.16. The number of aromatic nitrogens is 1. The van der Waals surface area contributed by atoms with E-state index in [0.29, 0.717) is 31.9 Å². The fourth-order valence-corrected chi connectivity index (χ4v) is 4.41. The molecule has 4 aromatic rings. The number of hydrogen-bond donors (Lipinski definition) is 1. The second kappa shape index (κ2) is 11.6. The van der Waals surface area contributed by atoms with Crippen LogP contribution in [0.2, 0.25) is 0 Å². The van der Waals surface area contributed by atoms with E-state index < -0.39 is 0 Å². The highest BCUT2D eigenvalue weighted by molar-refractivity contribution is 7.09. The van der Waals surface area contributed by atoms with Gasteiger partial charge in [-0.05, 0) is 47.4 Å². The van der Waals surface area contributed by atoms with Gasteiger partial charge in [0.15, 0.2) is 0 Å². The van der Waals surface area contributed by atoms with E-state index in [2.05, 4.69) is 15.2 Å². The number of halogens is 2. The Morgan fingerprint density at radius 2 is 1.38 bits per heavy atom. The van der Waals surface area contributed by atoms with Crippen LogP contribution in [0, 0.1) is 11.6 Å². The van der Waals surface area contributed by atoms with E-state index in [4.69, 9.17) is 0 Å². The van der Waals surface area contributed by atoms with Crippen molar-refractivity contribution in [3.8, 4) is 0 Å². The molecule has 0 aliphatic heterocycles. The summed E-state index contributed by atoms with van der Waals surface area (Å²) in [4.78, 5) is 19.2. The molecule has 0 fully saturated rings. The molecule has 1 heterocycles. The van der Waals surface area contributed by atoms with E-state index >= 15 is 0 Å². The molecule has 0 saturated heterocycles. The predicted molar refractivity (Wildman–Crippen MR) is 130 cm³/mol. The van der Waals surface area contributed by atoms with Crippen molar-refractivity contribution in [1.82, 2.24) is 15.2 Å². The van der Waals surface area contributed by atoms with Crippen LogP contribution in [-0.4, -0.2) is 22.3 Å². The number of hydrogen-bond acceptors (Lipinski definition) is 4. The Morgan fingerprint density at radius 3 is 1.97 bits per heavy atom. The van der Waals surface area contributed by atoms with E-state index in [1.807, 2.05) is 30.3 Å². The summed E-state index contributed by atoms with van der Waals surface area (Å²) in [5.74, 6) is -0.754. The summed E-state index contributed by atoms with van der Waals surface area (Å²) in [5.41, 5.74) is 3.48. The molecule has 4 rings (SSSR count). The molecule has 3 aromatic carbocycles. The lowest BCUT2D eigenvalue weighted by Gasteiger charge is -2.21. The molecule has 0 spiro atoms. The maximum absolute atomic E-state index is 13.3. The maximum Gasteiger partial charge on any atom is 0.270 e. The maximum atomic E-state index is 13.3. The molecule has 0 aliphatic carbocycles. The number of amides is 1. The quantitative estimate of drug-likeness (QED) is 0.324. The van der Waals surface area contributed by atoms with Crippen LogP contribution >= 0.6 is 11.3 Å². The number of nitrogens with one attached hydrogen (secondary N) is 1. The number of nitrogens with zero attached hydrogens (tertiary/aromatic N) is 2. The first-order chi connectivity index (χ1) is 16.5. The van der Waals surface area contributed by atoms with E-state index in [1.54, 1.807) is 29.6 Å². The smallest absolute Gasteiger partial charge is 0.270 e. The van der Waals surface area contributed by atoms with Crippen molar-refractivity contribution in [2.24, 2.45) is 0 Å². The minimum atomic E-state index is -0.281. The lowest BCUT2D eigenvalue weighted by molar-refractivity contribution is 0.0949. The lowest BCUT2D eigenvalue weighted by atomic mass is 10.1. The molecule has 34 heavy (non-hydrogen) atoms. The Balaban J connectivity index is 1.39. The summed E-state index contributed by atoms with van der Waals surface area (Å²) in [6.07, 6.45) is 0.757. The molecule has 0 atom stereocenters. The van der Waals surface area contributed by atoms with Crippen LogP contribution in [-0.2, 0) is 26.1 Å². The fraction of sp³-hybridized carbons (Fsp3) is 0.185. The topological polar surface area (TPSA) is 45.2 Å². The molecular weight excluding hydrogens is 452 g/mol. The van der Waals surface area contributed by atoms with Gasteiger partial charge >= 0.3 is 0 Å². The monoisotopic (exact) mass is 477 g/mol. The molecule has 1 N–H and O–H groups in total. The first-order valence-corrected chi connectivity index (χ1v) is 11.9. The van der Waals surface area contributed by atoms with Gasteiger partial charge in [-0.1, -0.05) is 54.6 Å². The molecule has 0 aliphatic rings. The van der Waals surface area contributed by atoms with Crippen molar-refractivity contribution in [3.63, 3.8) is 0 Å². The lowest BCUT2D eigenvalue weighted by Crippen LogP contribution is -2.26. The summed E-state index contributed by atoms with van der Waals surface area (Å²) < 4.78 is 26.6. The first kappa shape index (κ1) is 23.7. The van der Waals surface area contributed by atoms with Crippen molar-refractivity contribution in [2.45, 2.75) is 26.1 Å². The van der Waals surface area contributed by atoms with Gasteiger partial charge in [-0.25, -0.2) is 13.8 Å². The molecule has 7 heteroatoms. The predicted octanol–water partition coefficient (Wildman–Crippen LogP) is 5.60. The van der Waals surface area contributed by atoms with Gasteiger partial charge in [0.25, 0.3) is 5.91 Å². The van der Waals surface area contributed by atoms with Crippen LogP contribution in [0.5, 0.6) is 0 Å². The van der Waals surface area contributed by atoms with Crippen molar-refractivity contribution in [2.75, 3.05) is 6.54 Å². The van der Waals surface area contributed by atoms with Crippen molar-refractivity contribution in [1.29, 1.82) is 0 Å². The zero-order valence-corrected chi connectivity index (χ0v) is 19.4. The van der Waals surface area contributed by atoms with Gasteiger partial charge in [0.1, 0.15) is 22.3 Å². The van der Waals surface area contributed by atoms with Gasteiger partial charge in [0.05, 0.1) is 6.54 Å². The highest BCUT2D eigenvalue weighted by Crippen LogP contribution is 2.18. The minimum Gasteiger partial charge on any atom is -0.350 e. The van der Waals surface area contributed by atoms with Gasteiger partial charge < -0.3 is 5.32 Å². The van der Waals surface area contributed by atoms with Crippen LogP contribution in [0.4, 0.5) is 8.78 Å². The van der Waals surface area contributed by atoms with Crippen molar-refractivity contribution in [3.05, 3.63) is 123 Å². The van der Waals surface area contributed by atoms with Crippen molar-refractivity contribution < 1.29 is 13.6 Å².